The van der Waals surface area contributed by atoms with Crippen LogP contribution in [0.3, 0.4) is 0 Å². The molecule has 1 unspecified atom stereocenters. The Kier molecular flexibility index (Phi) is 9.14. The highest BCUT2D eigenvalue weighted by molar-refractivity contribution is 5.52. The molecule has 0 aliphatic carbocycles. The first-order chi connectivity index (χ1) is 16.1. The Morgan fingerprint density at radius 2 is 1.09 bits per heavy atom. The molecule has 0 aromatic heterocycles. The molecule has 6 heteroatoms. The number of ether oxygens (including phenoxy) is 4. The van der Waals surface area contributed by atoms with Crippen LogP contribution in [0.15, 0.2) is 91.0 Å². The zero-order valence-corrected chi connectivity index (χ0v) is 19.1. The van der Waals surface area contributed by atoms with Gasteiger partial charge >= 0.3 is 5.97 Å². The lowest BCUT2D eigenvalue weighted by Gasteiger charge is -2.47. The first-order valence-corrected chi connectivity index (χ1v) is 10.9. The van der Waals surface area contributed by atoms with E-state index in [9.17, 15) is 5.11 Å². The maximum Gasteiger partial charge on any atom is 0.309 e. The monoisotopic (exact) mass is 452 g/mol. The van der Waals surface area contributed by atoms with Crippen molar-refractivity contribution in [1.82, 2.24) is 0 Å². The second-order valence-electron chi connectivity index (χ2n) is 7.53. The van der Waals surface area contributed by atoms with E-state index in [0.29, 0.717) is 0 Å². The van der Waals surface area contributed by atoms with Gasteiger partial charge in [-0.05, 0) is 16.7 Å². The van der Waals surface area contributed by atoms with E-state index in [1.54, 1.807) is 0 Å². The predicted octanol–water partition coefficient (Wildman–Crippen LogP) is 3.35. The average molecular weight is 453 g/mol. The summed E-state index contributed by atoms with van der Waals surface area (Å²) >= 11 is 0. The van der Waals surface area contributed by atoms with Gasteiger partial charge in [-0.2, -0.15) is 0 Å². The molecule has 0 fully saturated rings. The normalized spacial score (nSPS) is 13.1. The molecule has 0 saturated carbocycles. The summed E-state index contributed by atoms with van der Waals surface area (Å²) in [6.45, 7) is 0.502. The van der Waals surface area contributed by atoms with Crippen LogP contribution in [0, 0.1) is 0 Å². The molecular formula is C27H32O6. The highest BCUT2D eigenvalue weighted by Crippen LogP contribution is 2.47. The molecule has 0 aliphatic heterocycles. The standard InChI is InChI=1S/C27H32O6/c1-30-27(29,31-2)25(33-21-20-32-19-18-28)26(22-12-6-3-7-13-22,23-14-8-4-9-15-23)24-16-10-5-11-17-24/h3-17,25,28-29H,18-21H2,1-2H3. The van der Waals surface area contributed by atoms with Crippen molar-refractivity contribution >= 4 is 0 Å². The van der Waals surface area contributed by atoms with Crippen molar-refractivity contribution in [3.63, 3.8) is 0 Å². The van der Waals surface area contributed by atoms with E-state index in [2.05, 4.69) is 0 Å². The molecule has 1 atom stereocenters. The third-order valence-electron chi connectivity index (χ3n) is 5.74. The fourth-order valence-electron chi connectivity index (χ4n) is 4.25. The molecule has 0 bridgehead atoms. The van der Waals surface area contributed by atoms with E-state index in [4.69, 9.17) is 24.1 Å². The van der Waals surface area contributed by atoms with E-state index in [0.717, 1.165) is 16.7 Å². The van der Waals surface area contributed by atoms with E-state index >= 15 is 0 Å². The molecule has 176 valence electrons. The second kappa shape index (κ2) is 12.0. The summed E-state index contributed by atoms with van der Waals surface area (Å²) in [7, 11) is 2.77. The molecular weight excluding hydrogens is 420 g/mol. The van der Waals surface area contributed by atoms with Gasteiger partial charge in [0.15, 0.2) is 6.10 Å². The summed E-state index contributed by atoms with van der Waals surface area (Å²) < 4.78 is 22.8. The minimum atomic E-state index is -2.08. The zero-order chi connectivity index (χ0) is 23.6. The fraction of sp³-hybridized carbons (Fsp3) is 0.333. The number of aliphatic hydroxyl groups is 2. The lowest BCUT2D eigenvalue weighted by molar-refractivity contribution is -0.390. The van der Waals surface area contributed by atoms with Crippen LogP contribution in [-0.2, 0) is 24.4 Å². The Morgan fingerprint density at radius 1 is 0.667 bits per heavy atom. The lowest BCUT2D eigenvalue weighted by Crippen LogP contribution is -2.59. The van der Waals surface area contributed by atoms with Crippen LogP contribution >= 0.6 is 0 Å². The Labute approximate surface area is 195 Å². The van der Waals surface area contributed by atoms with Gasteiger partial charge in [-0.3, -0.25) is 0 Å². The van der Waals surface area contributed by atoms with Crippen molar-refractivity contribution in [1.29, 1.82) is 0 Å². The van der Waals surface area contributed by atoms with Gasteiger partial charge in [-0.1, -0.05) is 91.0 Å². The molecule has 0 spiro atoms. The average Bonchev–Trinajstić information content (AvgIpc) is 2.89. The zero-order valence-electron chi connectivity index (χ0n) is 19.1. The molecule has 0 radical (unpaired) electrons. The Balaban J connectivity index is 2.28. The summed E-state index contributed by atoms with van der Waals surface area (Å²) in [5.74, 6) is -2.08. The first-order valence-electron chi connectivity index (χ1n) is 10.9. The van der Waals surface area contributed by atoms with Crippen LogP contribution in [0.1, 0.15) is 16.7 Å². The summed E-state index contributed by atoms with van der Waals surface area (Å²) in [5, 5.41) is 20.6. The minimum Gasteiger partial charge on any atom is -0.394 e. The molecule has 33 heavy (non-hydrogen) atoms. The number of benzene rings is 3. The van der Waals surface area contributed by atoms with Gasteiger partial charge in [0.2, 0.25) is 0 Å². The number of rotatable bonds is 13. The van der Waals surface area contributed by atoms with E-state index in [1.165, 1.54) is 14.2 Å². The van der Waals surface area contributed by atoms with Crippen LogP contribution in [0.4, 0.5) is 0 Å². The largest absolute Gasteiger partial charge is 0.394 e. The van der Waals surface area contributed by atoms with Gasteiger partial charge in [-0.15, -0.1) is 0 Å². The van der Waals surface area contributed by atoms with Crippen LogP contribution in [0.2, 0.25) is 0 Å². The minimum absolute atomic E-state index is 0.0779. The van der Waals surface area contributed by atoms with Crippen molar-refractivity contribution in [2.75, 3.05) is 40.6 Å². The summed E-state index contributed by atoms with van der Waals surface area (Å²) in [6.07, 6.45) is -1.02. The molecule has 0 saturated heterocycles. The van der Waals surface area contributed by atoms with Gasteiger partial charge in [0.1, 0.15) is 0 Å². The number of hydrogen-bond donors (Lipinski definition) is 2. The van der Waals surface area contributed by atoms with Crippen LogP contribution in [0.25, 0.3) is 0 Å². The smallest absolute Gasteiger partial charge is 0.309 e. The molecule has 3 aromatic rings. The van der Waals surface area contributed by atoms with E-state index in [1.807, 2.05) is 91.0 Å². The molecule has 2 N–H and O–H groups in total. The Hall–Kier alpha value is -2.58. The van der Waals surface area contributed by atoms with E-state index < -0.39 is 17.5 Å². The Morgan fingerprint density at radius 3 is 1.45 bits per heavy atom. The van der Waals surface area contributed by atoms with E-state index in [-0.39, 0.29) is 26.4 Å². The fourth-order valence-corrected chi connectivity index (χ4v) is 4.25. The van der Waals surface area contributed by atoms with Crippen LogP contribution < -0.4 is 0 Å². The maximum atomic E-state index is 11.6. The summed E-state index contributed by atoms with van der Waals surface area (Å²) in [4.78, 5) is 0. The number of aliphatic hydroxyl groups excluding tert-OH is 1. The topological polar surface area (TPSA) is 77.4 Å². The third kappa shape index (κ3) is 5.33. The predicted molar refractivity (Wildman–Crippen MR) is 126 cm³/mol. The van der Waals surface area contributed by atoms with Crippen LogP contribution in [0.5, 0.6) is 0 Å². The van der Waals surface area contributed by atoms with Gasteiger partial charge in [-0.25, -0.2) is 0 Å². The third-order valence-corrected chi connectivity index (χ3v) is 5.74. The molecule has 0 amide bonds. The number of methoxy groups -OCH3 is 2. The highest BCUT2D eigenvalue weighted by atomic mass is 16.8. The van der Waals surface area contributed by atoms with Crippen molar-refractivity contribution in [3.05, 3.63) is 108 Å². The van der Waals surface area contributed by atoms with Crippen molar-refractivity contribution < 1.29 is 29.2 Å². The highest BCUT2D eigenvalue weighted by Gasteiger charge is 2.56. The van der Waals surface area contributed by atoms with Crippen LogP contribution in [-0.4, -0.2) is 62.9 Å². The van der Waals surface area contributed by atoms with Gasteiger partial charge in [0.25, 0.3) is 0 Å². The molecule has 6 nitrogen and oxygen atoms in total. The van der Waals surface area contributed by atoms with Crippen molar-refractivity contribution in [2.24, 2.45) is 0 Å². The van der Waals surface area contributed by atoms with Crippen molar-refractivity contribution in [3.8, 4) is 0 Å². The quantitative estimate of drug-likeness (QED) is 0.235. The summed E-state index contributed by atoms with van der Waals surface area (Å²) in [5.41, 5.74) is 1.70. The van der Waals surface area contributed by atoms with Gasteiger partial charge < -0.3 is 29.2 Å². The molecule has 3 rings (SSSR count). The first kappa shape index (κ1) is 25.1. The molecule has 3 aromatic carbocycles. The molecule has 0 heterocycles. The number of hydrogen-bond acceptors (Lipinski definition) is 6. The lowest BCUT2D eigenvalue weighted by atomic mass is 9.65. The second-order valence-corrected chi connectivity index (χ2v) is 7.53. The Bertz CT molecular complexity index is 832. The summed E-state index contributed by atoms with van der Waals surface area (Å²) in [6, 6.07) is 29.6. The maximum absolute atomic E-state index is 11.6. The van der Waals surface area contributed by atoms with Crippen molar-refractivity contribution in [2.45, 2.75) is 17.5 Å². The van der Waals surface area contributed by atoms with Gasteiger partial charge in [0, 0.05) is 14.2 Å². The van der Waals surface area contributed by atoms with Gasteiger partial charge in [0.05, 0.1) is 31.8 Å². The molecule has 0 aliphatic rings. The SMILES string of the molecule is COC(O)(OC)C(OCCOCCO)C(c1ccccc1)(c1ccccc1)c1ccccc1.